The minimum absolute atomic E-state index is 0.140. The van der Waals surface area contributed by atoms with Gasteiger partial charge in [0.05, 0.1) is 18.8 Å². The maximum absolute atomic E-state index is 11.5. The highest BCUT2D eigenvalue weighted by atomic mass is 16.5. The normalized spacial score (nSPS) is 28.1. The summed E-state index contributed by atoms with van der Waals surface area (Å²) >= 11 is 0. The Kier molecular flexibility index (Phi) is 7.34. The lowest BCUT2D eigenvalue weighted by atomic mass is 10.0. The molecule has 1 aromatic carbocycles. The molecule has 0 saturated heterocycles. The van der Waals surface area contributed by atoms with Crippen LogP contribution in [0.2, 0.25) is 0 Å². The number of ether oxygens (including phenoxy) is 2. The Morgan fingerprint density at radius 1 is 1.07 bits per heavy atom. The molecule has 3 rings (SSSR count). The summed E-state index contributed by atoms with van der Waals surface area (Å²) in [5.74, 6) is -0.333. The van der Waals surface area contributed by atoms with E-state index < -0.39 is 11.9 Å². The first-order valence-corrected chi connectivity index (χ1v) is 10.1. The van der Waals surface area contributed by atoms with Crippen LogP contribution in [0.5, 0.6) is 5.75 Å². The Balaban J connectivity index is 1.38. The van der Waals surface area contributed by atoms with Crippen LogP contribution in [0.1, 0.15) is 38.5 Å². The highest BCUT2D eigenvalue weighted by Gasteiger charge is 2.41. The van der Waals surface area contributed by atoms with Crippen LogP contribution in [0.15, 0.2) is 42.2 Å². The molecule has 5 atom stereocenters. The second kappa shape index (κ2) is 9.94. The number of aliphatic carboxylic acids is 1. The summed E-state index contributed by atoms with van der Waals surface area (Å²) in [5, 5.41) is 29.3. The molecule has 1 unspecified atom stereocenters. The van der Waals surface area contributed by atoms with Gasteiger partial charge in [0.15, 0.2) is 0 Å². The number of carbonyl (C=O) groups is 1. The zero-order chi connectivity index (χ0) is 19.9. The summed E-state index contributed by atoms with van der Waals surface area (Å²) in [6.07, 6.45) is 5.76. The molecular formula is C22H30O6. The standard InChI is InChI=1S/C22H30O6/c23-17-11-15-13-19(14-16(15)12-17)28-10-8-20(22(25)26)21(24)7-4-9-27-18-5-2-1-3-6-18/h1-3,5-7,15-17,19-20,23-24H,4,8-14H2,(H,25,26)/t15-,16+,17+,19+,20?. The van der Waals surface area contributed by atoms with Crippen molar-refractivity contribution < 1.29 is 29.6 Å². The van der Waals surface area contributed by atoms with E-state index in [1.165, 1.54) is 6.08 Å². The molecule has 154 valence electrons. The molecule has 0 spiro atoms. The molecule has 3 N–H and O–H groups in total. The smallest absolute Gasteiger partial charge is 0.314 e. The average Bonchev–Trinajstić information content (AvgIpc) is 3.19. The Bertz CT molecular complexity index is 644. The SMILES string of the molecule is O=C(O)C(CCO[C@H]1C[C@H]2C[C@H](O)C[C@H]2C1)C(O)=CCCOc1ccccc1. The van der Waals surface area contributed by atoms with Crippen molar-refractivity contribution in [3.8, 4) is 5.75 Å². The first-order chi connectivity index (χ1) is 13.5. The fourth-order valence-corrected chi connectivity index (χ4v) is 4.46. The fraction of sp³-hybridized carbons (Fsp3) is 0.591. The molecule has 0 aliphatic heterocycles. The number of para-hydroxylation sites is 1. The van der Waals surface area contributed by atoms with Crippen molar-refractivity contribution in [2.45, 2.75) is 50.7 Å². The van der Waals surface area contributed by atoms with Crippen LogP contribution >= 0.6 is 0 Å². The molecule has 0 heterocycles. The van der Waals surface area contributed by atoms with Gasteiger partial charge in [-0.2, -0.15) is 0 Å². The number of benzene rings is 1. The molecule has 0 radical (unpaired) electrons. The Hall–Kier alpha value is -2.05. The van der Waals surface area contributed by atoms with E-state index in [4.69, 9.17) is 9.47 Å². The van der Waals surface area contributed by atoms with E-state index in [1.807, 2.05) is 30.3 Å². The highest BCUT2D eigenvalue weighted by molar-refractivity contribution is 5.72. The molecule has 6 heteroatoms. The van der Waals surface area contributed by atoms with Gasteiger partial charge in [-0.15, -0.1) is 0 Å². The molecule has 1 aromatic rings. The maximum atomic E-state index is 11.5. The fourth-order valence-electron chi connectivity index (χ4n) is 4.46. The van der Waals surface area contributed by atoms with E-state index in [9.17, 15) is 20.1 Å². The largest absolute Gasteiger partial charge is 0.512 e. The van der Waals surface area contributed by atoms with Crippen LogP contribution in [0.25, 0.3) is 0 Å². The number of carboxylic acid groups (broad SMARTS) is 1. The number of fused-ring (bicyclic) bond motifs is 1. The number of carboxylic acids is 1. The van der Waals surface area contributed by atoms with Crippen molar-refractivity contribution in [3.05, 3.63) is 42.2 Å². The van der Waals surface area contributed by atoms with Crippen LogP contribution in [0, 0.1) is 17.8 Å². The summed E-state index contributed by atoms with van der Waals surface area (Å²) in [5.41, 5.74) is 0. The van der Waals surface area contributed by atoms with Crippen molar-refractivity contribution in [2.24, 2.45) is 17.8 Å². The Morgan fingerprint density at radius 2 is 1.75 bits per heavy atom. The van der Waals surface area contributed by atoms with Crippen LogP contribution in [0.4, 0.5) is 0 Å². The third kappa shape index (κ3) is 5.72. The van der Waals surface area contributed by atoms with Gasteiger partial charge in [0.2, 0.25) is 0 Å². The van der Waals surface area contributed by atoms with Gasteiger partial charge >= 0.3 is 5.97 Å². The van der Waals surface area contributed by atoms with Crippen molar-refractivity contribution in [3.63, 3.8) is 0 Å². The van der Waals surface area contributed by atoms with E-state index >= 15 is 0 Å². The van der Waals surface area contributed by atoms with Crippen molar-refractivity contribution in [1.82, 2.24) is 0 Å². The van der Waals surface area contributed by atoms with Crippen molar-refractivity contribution >= 4 is 5.97 Å². The molecule has 2 saturated carbocycles. The van der Waals surface area contributed by atoms with E-state index in [-0.39, 0.29) is 24.4 Å². The quantitative estimate of drug-likeness (QED) is 0.418. The van der Waals surface area contributed by atoms with Crippen LogP contribution in [-0.4, -0.2) is 46.7 Å². The van der Waals surface area contributed by atoms with Crippen molar-refractivity contribution in [2.75, 3.05) is 13.2 Å². The molecule has 0 aromatic heterocycles. The second-order valence-corrected chi connectivity index (χ2v) is 7.87. The summed E-state index contributed by atoms with van der Waals surface area (Å²) in [6, 6.07) is 9.35. The topological polar surface area (TPSA) is 96.2 Å². The molecule has 2 aliphatic rings. The number of rotatable bonds is 10. The third-order valence-corrected chi connectivity index (χ3v) is 5.85. The maximum Gasteiger partial charge on any atom is 0.314 e. The van der Waals surface area contributed by atoms with Gasteiger partial charge in [0.25, 0.3) is 0 Å². The van der Waals surface area contributed by atoms with Gasteiger partial charge in [-0.05, 0) is 62.1 Å². The monoisotopic (exact) mass is 390 g/mol. The second-order valence-electron chi connectivity index (χ2n) is 7.87. The summed E-state index contributed by atoms with van der Waals surface area (Å²) in [7, 11) is 0. The summed E-state index contributed by atoms with van der Waals surface area (Å²) < 4.78 is 11.4. The predicted octanol–water partition coefficient (Wildman–Crippen LogP) is 3.55. The van der Waals surface area contributed by atoms with Gasteiger partial charge in [-0.25, -0.2) is 0 Å². The number of aliphatic hydroxyl groups excluding tert-OH is 2. The Morgan fingerprint density at radius 3 is 2.39 bits per heavy atom. The third-order valence-electron chi connectivity index (χ3n) is 5.85. The van der Waals surface area contributed by atoms with Crippen LogP contribution in [-0.2, 0) is 9.53 Å². The van der Waals surface area contributed by atoms with Gasteiger partial charge in [0, 0.05) is 13.0 Å². The number of hydrogen-bond acceptors (Lipinski definition) is 5. The number of hydrogen-bond donors (Lipinski definition) is 3. The predicted molar refractivity (Wildman–Crippen MR) is 104 cm³/mol. The highest BCUT2D eigenvalue weighted by Crippen LogP contribution is 2.45. The lowest BCUT2D eigenvalue weighted by molar-refractivity contribution is -0.142. The number of aliphatic hydroxyl groups is 2. The van der Waals surface area contributed by atoms with Crippen molar-refractivity contribution in [1.29, 1.82) is 0 Å². The van der Waals surface area contributed by atoms with Crippen LogP contribution in [0.3, 0.4) is 0 Å². The van der Waals surface area contributed by atoms with E-state index in [0.717, 1.165) is 31.4 Å². The van der Waals surface area contributed by atoms with Gasteiger partial charge in [-0.3, -0.25) is 4.79 Å². The Labute approximate surface area is 165 Å². The lowest BCUT2D eigenvalue weighted by Crippen LogP contribution is -2.21. The zero-order valence-electron chi connectivity index (χ0n) is 16.1. The van der Waals surface area contributed by atoms with Gasteiger partial charge in [0.1, 0.15) is 17.4 Å². The molecule has 2 aliphatic carbocycles. The minimum atomic E-state index is -1.05. The summed E-state index contributed by atoms with van der Waals surface area (Å²) in [6.45, 7) is 0.676. The van der Waals surface area contributed by atoms with E-state index in [0.29, 0.717) is 31.5 Å². The van der Waals surface area contributed by atoms with E-state index in [2.05, 4.69) is 0 Å². The first-order valence-electron chi connectivity index (χ1n) is 10.1. The summed E-state index contributed by atoms with van der Waals surface area (Å²) in [4.78, 5) is 11.5. The van der Waals surface area contributed by atoms with E-state index in [1.54, 1.807) is 0 Å². The molecule has 0 amide bonds. The lowest BCUT2D eigenvalue weighted by Gasteiger charge is -2.16. The minimum Gasteiger partial charge on any atom is -0.512 e. The average molecular weight is 390 g/mol. The first kappa shape index (κ1) is 20.7. The van der Waals surface area contributed by atoms with Gasteiger partial charge in [-0.1, -0.05) is 18.2 Å². The molecule has 0 bridgehead atoms. The molecule has 2 fully saturated rings. The van der Waals surface area contributed by atoms with Crippen LogP contribution < -0.4 is 4.74 Å². The van der Waals surface area contributed by atoms with Gasteiger partial charge < -0.3 is 24.8 Å². The molecule has 6 nitrogen and oxygen atoms in total. The zero-order valence-corrected chi connectivity index (χ0v) is 16.1. The molecular weight excluding hydrogens is 360 g/mol. The molecule has 28 heavy (non-hydrogen) atoms.